The zero-order valence-electron chi connectivity index (χ0n) is 12.9. The third-order valence-corrected chi connectivity index (χ3v) is 3.36. The van der Waals surface area contributed by atoms with E-state index in [0.29, 0.717) is 6.07 Å². The Kier molecular flexibility index (Phi) is 5.57. The molecule has 1 N–H and O–H groups in total. The minimum Gasteiger partial charge on any atom is -0.330 e. The molecule has 2 amide bonds. The molecule has 24 heavy (non-hydrogen) atoms. The highest BCUT2D eigenvalue weighted by Crippen LogP contribution is 2.19. The average molecular weight is 336 g/mol. The van der Waals surface area contributed by atoms with E-state index in [2.05, 4.69) is 0 Å². The maximum atomic E-state index is 13.6. The van der Waals surface area contributed by atoms with Gasteiger partial charge < -0.3 is 10.2 Å². The second-order valence-corrected chi connectivity index (χ2v) is 4.98. The van der Waals surface area contributed by atoms with E-state index in [1.54, 1.807) is 31.2 Å². The van der Waals surface area contributed by atoms with Crippen molar-refractivity contribution in [3.8, 4) is 0 Å². The molecular weight excluding hydrogens is 321 g/mol. The molecule has 0 spiro atoms. The number of hydrogen-bond donors (Lipinski definition) is 1. The van der Waals surface area contributed by atoms with E-state index in [-0.39, 0.29) is 13.1 Å². The Balaban J connectivity index is 2.10. The first-order valence-corrected chi connectivity index (χ1v) is 7.21. The molecule has 126 valence electrons. The summed E-state index contributed by atoms with van der Waals surface area (Å²) in [7, 11) is 0. The van der Waals surface area contributed by atoms with Gasteiger partial charge in [-0.3, -0.25) is 9.59 Å². The molecule has 0 bridgehead atoms. The third kappa shape index (κ3) is 3.92. The van der Waals surface area contributed by atoms with E-state index < -0.39 is 35.0 Å². The highest BCUT2D eigenvalue weighted by Gasteiger charge is 2.23. The van der Waals surface area contributed by atoms with Crippen LogP contribution in [0.3, 0.4) is 0 Å². The maximum Gasteiger partial charge on any atom is 0.313 e. The number of benzene rings is 2. The van der Waals surface area contributed by atoms with Gasteiger partial charge in [0.25, 0.3) is 0 Å². The fourth-order valence-corrected chi connectivity index (χ4v) is 2.07. The molecule has 2 aromatic rings. The number of amides is 2. The van der Waals surface area contributed by atoms with Crippen molar-refractivity contribution >= 4 is 17.5 Å². The van der Waals surface area contributed by atoms with E-state index in [1.165, 1.54) is 4.90 Å². The molecule has 0 aliphatic heterocycles. The lowest BCUT2D eigenvalue weighted by Gasteiger charge is -2.20. The van der Waals surface area contributed by atoms with Gasteiger partial charge in [0.15, 0.2) is 17.5 Å². The van der Waals surface area contributed by atoms with Crippen LogP contribution in [0, 0.1) is 17.5 Å². The Hall–Kier alpha value is -2.83. The molecular formula is C17H15F3N2O2. The quantitative estimate of drug-likeness (QED) is 0.689. The molecule has 0 unspecified atom stereocenters. The number of nitrogens with one attached hydrogen (secondary N) is 1. The van der Waals surface area contributed by atoms with Crippen LogP contribution in [-0.4, -0.2) is 23.3 Å². The summed E-state index contributed by atoms with van der Waals surface area (Å²) in [6.07, 6.45) is 0. The number of nitrogens with zero attached hydrogens (tertiary/aromatic N) is 1. The lowest BCUT2D eigenvalue weighted by Crippen LogP contribution is -2.39. The van der Waals surface area contributed by atoms with E-state index in [1.807, 2.05) is 11.4 Å². The summed E-state index contributed by atoms with van der Waals surface area (Å²) in [5.41, 5.74) is 0.225. The number of carbonyl (C=O) groups excluding carboxylic acids is 2. The monoisotopic (exact) mass is 336 g/mol. The van der Waals surface area contributed by atoms with Gasteiger partial charge in [-0.2, -0.15) is 0 Å². The summed E-state index contributed by atoms with van der Waals surface area (Å²) < 4.78 is 39.6. The van der Waals surface area contributed by atoms with Crippen molar-refractivity contribution in [2.75, 3.05) is 11.9 Å². The van der Waals surface area contributed by atoms with Crippen LogP contribution in [0.5, 0.6) is 0 Å². The van der Waals surface area contributed by atoms with Gasteiger partial charge in [0, 0.05) is 13.1 Å². The van der Waals surface area contributed by atoms with E-state index in [4.69, 9.17) is 0 Å². The first-order chi connectivity index (χ1) is 11.4. The van der Waals surface area contributed by atoms with Crippen LogP contribution < -0.4 is 5.32 Å². The molecule has 0 aliphatic carbocycles. The van der Waals surface area contributed by atoms with Crippen LogP contribution in [-0.2, 0) is 16.1 Å². The van der Waals surface area contributed by atoms with Gasteiger partial charge in [0.2, 0.25) is 0 Å². The zero-order chi connectivity index (χ0) is 17.7. The van der Waals surface area contributed by atoms with Gasteiger partial charge in [0.1, 0.15) is 0 Å². The zero-order valence-corrected chi connectivity index (χ0v) is 12.9. The Morgan fingerprint density at radius 2 is 1.67 bits per heavy atom. The van der Waals surface area contributed by atoms with Crippen molar-refractivity contribution in [3.05, 3.63) is 65.5 Å². The SMILES string of the molecule is CCN(Cc1ccccc1)C(=O)C(=O)Nc1ccc(F)c(F)c1F. The van der Waals surface area contributed by atoms with Crippen LogP contribution in [0.1, 0.15) is 12.5 Å². The van der Waals surface area contributed by atoms with Crippen LogP contribution in [0.25, 0.3) is 0 Å². The predicted octanol–water partition coefficient (Wildman–Crippen LogP) is 3.09. The smallest absolute Gasteiger partial charge is 0.313 e. The largest absolute Gasteiger partial charge is 0.330 e. The van der Waals surface area contributed by atoms with Crippen molar-refractivity contribution < 1.29 is 22.8 Å². The van der Waals surface area contributed by atoms with Crippen molar-refractivity contribution in [2.24, 2.45) is 0 Å². The van der Waals surface area contributed by atoms with Gasteiger partial charge >= 0.3 is 11.8 Å². The van der Waals surface area contributed by atoms with E-state index >= 15 is 0 Å². The summed E-state index contributed by atoms with van der Waals surface area (Å²) in [6, 6.07) is 10.5. The first-order valence-electron chi connectivity index (χ1n) is 7.21. The predicted molar refractivity (Wildman–Crippen MR) is 82.5 cm³/mol. The molecule has 4 nitrogen and oxygen atoms in total. The van der Waals surface area contributed by atoms with Crippen LogP contribution in [0.4, 0.5) is 18.9 Å². The summed E-state index contributed by atoms with van der Waals surface area (Å²) in [5, 5.41) is 1.97. The van der Waals surface area contributed by atoms with E-state index in [0.717, 1.165) is 11.6 Å². The van der Waals surface area contributed by atoms with Gasteiger partial charge in [-0.25, -0.2) is 13.2 Å². The third-order valence-electron chi connectivity index (χ3n) is 3.36. The summed E-state index contributed by atoms with van der Waals surface area (Å²) >= 11 is 0. The van der Waals surface area contributed by atoms with Gasteiger partial charge in [0.05, 0.1) is 5.69 Å². The highest BCUT2D eigenvalue weighted by molar-refractivity contribution is 6.39. The van der Waals surface area contributed by atoms with Gasteiger partial charge in [-0.1, -0.05) is 30.3 Å². The lowest BCUT2D eigenvalue weighted by atomic mass is 10.2. The van der Waals surface area contributed by atoms with E-state index in [9.17, 15) is 22.8 Å². The molecule has 0 radical (unpaired) electrons. The van der Waals surface area contributed by atoms with Gasteiger partial charge in [-0.15, -0.1) is 0 Å². The number of halogens is 3. The van der Waals surface area contributed by atoms with Crippen molar-refractivity contribution in [1.29, 1.82) is 0 Å². The molecule has 0 saturated carbocycles. The topological polar surface area (TPSA) is 49.4 Å². The molecule has 7 heteroatoms. The first kappa shape index (κ1) is 17.5. The number of carbonyl (C=O) groups is 2. The van der Waals surface area contributed by atoms with Crippen LogP contribution in [0.15, 0.2) is 42.5 Å². The fourth-order valence-electron chi connectivity index (χ4n) is 2.07. The molecule has 0 atom stereocenters. The average Bonchev–Trinajstić information content (AvgIpc) is 2.60. The van der Waals surface area contributed by atoms with Crippen LogP contribution >= 0.6 is 0 Å². The number of anilines is 1. The highest BCUT2D eigenvalue weighted by atomic mass is 19.2. The molecule has 0 aliphatic rings. The Bertz CT molecular complexity index is 751. The minimum atomic E-state index is -1.71. The minimum absolute atomic E-state index is 0.198. The summed E-state index contributed by atoms with van der Waals surface area (Å²) in [4.78, 5) is 25.4. The summed E-state index contributed by atoms with van der Waals surface area (Å²) in [5.74, 6) is -6.67. The molecule has 2 rings (SSSR count). The number of rotatable bonds is 4. The molecule has 0 saturated heterocycles. The number of likely N-dealkylation sites (N-methyl/N-ethyl adjacent to an activating group) is 1. The molecule has 2 aromatic carbocycles. The Morgan fingerprint density at radius 3 is 2.29 bits per heavy atom. The van der Waals surface area contributed by atoms with Crippen molar-refractivity contribution in [2.45, 2.75) is 13.5 Å². The van der Waals surface area contributed by atoms with Gasteiger partial charge in [-0.05, 0) is 24.6 Å². The molecule has 0 fully saturated rings. The van der Waals surface area contributed by atoms with Crippen LogP contribution in [0.2, 0.25) is 0 Å². The Labute approximate surface area is 136 Å². The number of hydrogen-bond acceptors (Lipinski definition) is 2. The molecule has 0 aromatic heterocycles. The standard InChI is InChI=1S/C17H15F3N2O2/c1-2-22(10-11-6-4-3-5-7-11)17(24)16(23)21-13-9-8-12(18)14(19)15(13)20/h3-9H,2,10H2,1H3,(H,21,23). The maximum absolute atomic E-state index is 13.6. The lowest BCUT2D eigenvalue weighted by molar-refractivity contribution is -0.143. The molecule has 0 heterocycles. The Morgan fingerprint density at radius 1 is 1.00 bits per heavy atom. The summed E-state index contributed by atoms with van der Waals surface area (Å²) in [6.45, 7) is 2.14. The second kappa shape index (κ2) is 7.63. The normalized spacial score (nSPS) is 10.3. The second-order valence-electron chi connectivity index (χ2n) is 4.98. The van der Waals surface area contributed by atoms with Crippen molar-refractivity contribution in [3.63, 3.8) is 0 Å². The fraction of sp³-hybridized carbons (Fsp3) is 0.176. The van der Waals surface area contributed by atoms with Crippen molar-refractivity contribution in [1.82, 2.24) is 4.90 Å².